The molecule has 4 rings (SSSR count). The van der Waals surface area contributed by atoms with Crippen molar-refractivity contribution >= 4 is 17.3 Å². The van der Waals surface area contributed by atoms with Gasteiger partial charge in [-0.2, -0.15) is 0 Å². The molecular weight excluding hydrogens is 402 g/mol. The van der Waals surface area contributed by atoms with E-state index in [0.717, 1.165) is 10.1 Å². The smallest absolute Gasteiger partial charge is 0.410 e. The molecule has 1 aliphatic rings. The minimum Gasteiger partial charge on any atom is -0.445 e. The zero-order valence-electron chi connectivity index (χ0n) is 17.7. The van der Waals surface area contributed by atoms with Crippen LogP contribution in [-0.2, 0) is 25.4 Å². The van der Waals surface area contributed by atoms with Gasteiger partial charge in [-0.3, -0.25) is 13.9 Å². The lowest BCUT2D eigenvalue weighted by atomic mass is 9.89. The molecule has 0 saturated carbocycles. The molecule has 10 nitrogen and oxygen atoms in total. The molecule has 3 heterocycles. The monoisotopic (exact) mass is 427 g/mol. The summed E-state index contributed by atoms with van der Waals surface area (Å²) in [5, 5.41) is 11.2. The van der Waals surface area contributed by atoms with Crippen LogP contribution in [0.2, 0.25) is 0 Å². The van der Waals surface area contributed by atoms with Crippen LogP contribution in [0.3, 0.4) is 0 Å². The number of aromatic nitrogens is 4. The third-order valence-electron chi connectivity index (χ3n) is 5.87. The number of ether oxygens (including phenoxy) is 1. The topological polar surface area (TPSA) is 112 Å². The van der Waals surface area contributed by atoms with Crippen LogP contribution in [0, 0.1) is 0 Å². The number of carbonyl (C=O) groups excluding carboxylic acids is 1. The largest absolute Gasteiger partial charge is 0.445 e. The minimum absolute atomic E-state index is 0.0387. The Balaban J connectivity index is 1.56. The van der Waals surface area contributed by atoms with Gasteiger partial charge in [0.15, 0.2) is 11.2 Å². The van der Waals surface area contributed by atoms with Crippen LogP contribution >= 0.6 is 0 Å². The number of hydrogen-bond acceptors (Lipinski definition) is 6. The van der Waals surface area contributed by atoms with Gasteiger partial charge >= 0.3 is 11.8 Å². The third kappa shape index (κ3) is 3.63. The van der Waals surface area contributed by atoms with Gasteiger partial charge in [0.1, 0.15) is 12.2 Å². The van der Waals surface area contributed by atoms with Crippen molar-refractivity contribution in [1.82, 2.24) is 23.6 Å². The molecule has 0 bridgehead atoms. The molecule has 3 aromatic rings. The number of piperidine rings is 1. The van der Waals surface area contributed by atoms with E-state index in [1.807, 2.05) is 30.3 Å². The first kappa shape index (κ1) is 20.9. The van der Waals surface area contributed by atoms with Gasteiger partial charge in [0.25, 0.3) is 5.56 Å². The molecule has 0 spiro atoms. The van der Waals surface area contributed by atoms with Crippen molar-refractivity contribution < 1.29 is 14.6 Å². The van der Waals surface area contributed by atoms with Crippen molar-refractivity contribution in [2.24, 2.45) is 14.1 Å². The standard InChI is InChI=1S/C21H25N5O5/c1-21(30)12-25(20(29)31-11-14-7-5-4-6-8-14)10-9-15(21)26-13-22-17-16(26)18(27)24(3)19(28)23(17)2/h4-8,13,15,30H,9-12H2,1-3H3/t15?,21-/m1/s1. The molecule has 0 radical (unpaired) electrons. The lowest BCUT2D eigenvalue weighted by molar-refractivity contribution is -0.0532. The second-order valence-electron chi connectivity index (χ2n) is 8.15. The number of aliphatic hydroxyl groups is 1. The Morgan fingerprint density at radius 2 is 1.94 bits per heavy atom. The fraction of sp³-hybridized carbons (Fsp3) is 0.429. The van der Waals surface area contributed by atoms with Crippen molar-refractivity contribution in [2.75, 3.05) is 13.1 Å². The Bertz CT molecular complexity index is 1240. The van der Waals surface area contributed by atoms with Gasteiger partial charge in [-0.25, -0.2) is 14.6 Å². The Kier molecular flexibility index (Phi) is 5.18. The van der Waals surface area contributed by atoms with Gasteiger partial charge < -0.3 is 19.3 Å². The van der Waals surface area contributed by atoms with Gasteiger partial charge in [-0.05, 0) is 18.9 Å². The second-order valence-corrected chi connectivity index (χ2v) is 8.15. The quantitative estimate of drug-likeness (QED) is 0.661. The highest BCUT2D eigenvalue weighted by Crippen LogP contribution is 2.33. The van der Waals surface area contributed by atoms with E-state index in [2.05, 4.69) is 4.98 Å². The maximum Gasteiger partial charge on any atom is 0.410 e. The fourth-order valence-electron chi connectivity index (χ4n) is 4.17. The van der Waals surface area contributed by atoms with Gasteiger partial charge in [0.05, 0.1) is 18.9 Å². The molecule has 1 N–H and O–H groups in total. The maximum absolute atomic E-state index is 12.8. The van der Waals surface area contributed by atoms with E-state index in [0.29, 0.717) is 13.0 Å². The molecule has 1 aliphatic heterocycles. The molecule has 0 aliphatic carbocycles. The molecule has 10 heteroatoms. The summed E-state index contributed by atoms with van der Waals surface area (Å²) in [5.41, 5.74) is -0.897. The predicted octanol–water partition coefficient (Wildman–Crippen LogP) is 0.768. The summed E-state index contributed by atoms with van der Waals surface area (Å²) in [6.07, 6.45) is 1.36. The van der Waals surface area contributed by atoms with E-state index in [4.69, 9.17) is 4.74 Å². The van der Waals surface area contributed by atoms with E-state index in [9.17, 15) is 19.5 Å². The van der Waals surface area contributed by atoms with Crippen LogP contribution in [0.1, 0.15) is 24.9 Å². The molecule has 1 unspecified atom stereocenters. The fourth-order valence-corrected chi connectivity index (χ4v) is 4.17. The number of rotatable bonds is 3. The van der Waals surface area contributed by atoms with Crippen molar-refractivity contribution in [1.29, 1.82) is 0 Å². The molecule has 164 valence electrons. The van der Waals surface area contributed by atoms with E-state index in [1.54, 1.807) is 18.5 Å². The molecule has 1 fully saturated rings. The molecule has 2 atom stereocenters. The number of fused-ring (bicyclic) bond motifs is 1. The predicted molar refractivity (Wildman–Crippen MR) is 113 cm³/mol. The third-order valence-corrected chi connectivity index (χ3v) is 5.87. The number of amides is 1. The van der Waals surface area contributed by atoms with Crippen molar-refractivity contribution in [3.63, 3.8) is 0 Å². The van der Waals surface area contributed by atoms with Crippen molar-refractivity contribution in [2.45, 2.75) is 31.6 Å². The Hall–Kier alpha value is -3.40. The summed E-state index contributed by atoms with van der Waals surface area (Å²) in [4.78, 5) is 43.1. The summed E-state index contributed by atoms with van der Waals surface area (Å²) in [7, 11) is 2.95. The van der Waals surface area contributed by atoms with Crippen molar-refractivity contribution in [3.8, 4) is 0 Å². The Morgan fingerprint density at radius 1 is 1.23 bits per heavy atom. The molecule has 1 saturated heterocycles. The van der Waals surface area contributed by atoms with Crippen LogP contribution in [0.5, 0.6) is 0 Å². The summed E-state index contributed by atoms with van der Waals surface area (Å²) in [6, 6.07) is 8.87. The summed E-state index contributed by atoms with van der Waals surface area (Å²) < 4.78 is 9.32. The number of benzene rings is 1. The Labute approximate surface area is 177 Å². The number of nitrogens with zero attached hydrogens (tertiary/aromatic N) is 5. The van der Waals surface area contributed by atoms with E-state index in [1.165, 1.54) is 22.8 Å². The Morgan fingerprint density at radius 3 is 2.61 bits per heavy atom. The number of aryl methyl sites for hydroxylation is 1. The van der Waals surface area contributed by atoms with Crippen LogP contribution < -0.4 is 11.2 Å². The second kappa shape index (κ2) is 7.69. The molecule has 1 aromatic carbocycles. The number of carbonyl (C=O) groups is 1. The molecule has 1 amide bonds. The molecule has 31 heavy (non-hydrogen) atoms. The zero-order chi connectivity index (χ0) is 22.3. The number of imidazole rings is 1. The highest BCUT2D eigenvalue weighted by atomic mass is 16.6. The molecule has 2 aromatic heterocycles. The van der Waals surface area contributed by atoms with Crippen molar-refractivity contribution in [3.05, 3.63) is 63.1 Å². The number of likely N-dealkylation sites (tertiary alicyclic amines) is 1. The lowest BCUT2D eigenvalue weighted by Crippen LogP contribution is -2.54. The highest BCUT2D eigenvalue weighted by Gasteiger charge is 2.42. The van der Waals surface area contributed by atoms with Crippen LogP contribution in [0.4, 0.5) is 4.79 Å². The molecular formula is C21H25N5O5. The van der Waals surface area contributed by atoms with E-state index in [-0.39, 0.29) is 24.3 Å². The minimum atomic E-state index is -1.34. The van der Waals surface area contributed by atoms with E-state index < -0.39 is 29.0 Å². The van der Waals surface area contributed by atoms with Gasteiger partial charge in [0.2, 0.25) is 0 Å². The van der Waals surface area contributed by atoms with Crippen LogP contribution in [0.15, 0.2) is 46.2 Å². The summed E-state index contributed by atoms with van der Waals surface area (Å²) >= 11 is 0. The van der Waals surface area contributed by atoms with E-state index >= 15 is 0 Å². The summed E-state index contributed by atoms with van der Waals surface area (Å²) in [5.74, 6) is 0. The van der Waals surface area contributed by atoms with Gasteiger partial charge in [-0.15, -0.1) is 0 Å². The average molecular weight is 427 g/mol. The van der Waals surface area contributed by atoms with Gasteiger partial charge in [0, 0.05) is 20.6 Å². The number of hydrogen-bond donors (Lipinski definition) is 1. The lowest BCUT2D eigenvalue weighted by Gasteiger charge is -2.42. The first-order valence-corrected chi connectivity index (χ1v) is 10.0. The number of β-amino-alcohol motifs (C(OH)–C–C–N with tert-alkyl or cyclic N) is 1. The van der Waals surface area contributed by atoms with Crippen LogP contribution in [-0.4, -0.2) is 53.5 Å². The summed E-state index contributed by atoms with van der Waals surface area (Å²) in [6.45, 7) is 2.15. The zero-order valence-corrected chi connectivity index (χ0v) is 17.7. The van der Waals surface area contributed by atoms with Crippen LogP contribution in [0.25, 0.3) is 11.2 Å². The maximum atomic E-state index is 12.8. The normalized spacial score (nSPS) is 21.4. The van der Waals surface area contributed by atoms with Gasteiger partial charge in [-0.1, -0.05) is 30.3 Å². The first-order valence-electron chi connectivity index (χ1n) is 10.0. The first-order chi connectivity index (χ1) is 14.7. The SMILES string of the molecule is Cn1c(=O)c2c(ncn2C2CCN(C(=O)OCc3ccccc3)C[C@@]2(C)O)n(C)c1=O. The highest BCUT2D eigenvalue weighted by molar-refractivity contribution is 5.70. The average Bonchev–Trinajstić information content (AvgIpc) is 3.19.